The maximum atomic E-state index is 11.8. The predicted molar refractivity (Wildman–Crippen MR) is 73.3 cm³/mol. The van der Waals surface area contributed by atoms with E-state index in [1.807, 2.05) is 24.3 Å². The number of carbonyl (C=O) groups is 1. The molecule has 1 aromatic heterocycles. The molecule has 0 unspecified atom stereocenters. The second-order valence-electron chi connectivity index (χ2n) is 4.77. The van der Waals surface area contributed by atoms with E-state index in [-0.39, 0.29) is 5.91 Å². The minimum Gasteiger partial charge on any atom is -0.349 e. The first-order chi connectivity index (χ1) is 9.22. The third-order valence-electron chi connectivity index (χ3n) is 3.10. The van der Waals surface area contributed by atoms with Gasteiger partial charge < -0.3 is 5.32 Å². The van der Waals surface area contributed by atoms with E-state index >= 15 is 0 Å². The van der Waals surface area contributed by atoms with Crippen LogP contribution in [-0.2, 0) is 6.54 Å². The number of nitrogens with one attached hydrogen (secondary N) is 1. The minimum atomic E-state index is -0.0482. The quantitative estimate of drug-likeness (QED) is 0.932. The summed E-state index contributed by atoms with van der Waals surface area (Å²) in [5.74, 6) is -0.0482. The Morgan fingerprint density at radius 2 is 2.21 bits per heavy atom. The Labute approximate surface area is 116 Å². The van der Waals surface area contributed by atoms with Crippen LogP contribution in [0, 0.1) is 0 Å². The molecule has 0 bridgehead atoms. The lowest BCUT2D eigenvalue weighted by molar-refractivity contribution is 0.0951. The highest BCUT2D eigenvalue weighted by atomic mass is 35.5. The SMILES string of the molecule is O=C(NC1CC1)c1cnn(Cc2ccccc2Cl)c1. The maximum absolute atomic E-state index is 11.8. The number of aromatic nitrogens is 2. The molecule has 0 atom stereocenters. The summed E-state index contributed by atoms with van der Waals surface area (Å²) < 4.78 is 1.73. The predicted octanol–water partition coefficient (Wildman–Crippen LogP) is 2.48. The third kappa shape index (κ3) is 2.96. The smallest absolute Gasteiger partial charge is 0.254 e. The van der Waals surface area contributed by atoms with E-state index in [0.29, 0.717) is 23.2 Å². The minimum absolute atomic E-state index is 0.0482. The van der Waals surface area contributed by atoms with Gasteiger partial charge in [0.25, 0.3) is 5.91 Å². The van der Waals surface area contributed by atoms with E-state index in [0.717, 1.165) is 18.4 Å². The van der Waals surface area contributed by atoms with Crippen LogP contribution >= 0.6 is 11.6 Å². The van der Waals surface area contributed by atoms with Gasteiger partial charge in [-0.25, -0.2) is 0 Å². The third-order valence-corrected chi connectivity index (χ3v) is 3.47. The van der Waals surface area contributed by atoms with Crippen LogP contribution in [0.2, 0.25) is 5.02 Å². The summed E-state index contributed by atoms with van der Waals surface area (Å²) in [5.41, 5.74) is 1.58. The summed E-state index contributed by atoms with van der Waals surface area (Å²) in [7, 11) is 0. The normalized spacial score (nSPS) is 14.4. The number of carbonyl (C=O) groups excluding carboxylic acids is 1. The van der Waals surface area contributed by atoms with Crippen molar-refractivity contribution in [3.63, 3.8) is 0 Å². The fraction of sp³-hybridized carbons (Fsp3) is 0.286. The van der Waals surface area contributed by atoms with Crippen molar-refractivity contribution in [3.8, 4) is 0 Å². The molecule has 2 aromatic rings. The lowest BCUT2D eigenvalue weighted by atomic mass is 10.2. The maximum Gasteiger partial charge on any atom is 0.254 e. The highest BCUT2D eigenvalue weighted by Crippen LogP contribution is 2.19. The van der Waals surface area contributed by atoms with Crippen LogP contribution in [0.3, 0.4) is 0 Å². The van der Waals surface area contributed by atoms with Gasteiger partial charge in [-0.2, -0.15) is 5.10 Å². The standard InChI is InChI=1S/C14H14ClN3O/c15-13-4-2-1-3-10(13)8-18-9-11(7-16-18)14(19)17-12-5-6-12/h1-4,7,9,12H,5-6,8H2,(H,17,19). The topological polar surface area (TPSA) is 46.9 Å². The molecule has 0 spiro atoms. The van der Waals surface area contributed by atoms with Crippen molar-refractivity contribution in [2.24, 2.45) is 0 Å². The highest BCUT2D eigenvalue weighted by Gasteiger charge is 2.24. The van der Waals surface area contributed by atoms with Gasteiger partial charge in [-0.1, -0.05) is 29.8 Å². The Bertz CT molecular complexity index is 604. The van der Waals surface area contributed by atoms with E-state index in [9.17, 15) is 4.79 Å². The van der Waals surface area contributed by atoms with Crippen molar-refractivity contribution in [2.45, 2.75) is 25.4 Å². The molecule has 0 radical (unpaired) electrons. The molecule has 0 aliphatic heterocycles. The Balaban J connectivity index is 1.70. The number of benzene rings is 1. The first kappa shape index (κ1) is 12.2. The van der Waals surface area contributed by atoms with Gasteiger partial charge in [-0.15, -0.1) is 0 Å². The van der Waals surface area contributed by atoms with Crippen molar-refractivity contribution in [1.29, 1.82) is 0 Å². The van der Waals surface area contributed by atoms with E-state index in [1.165, 1.54) is 0 Å². The number of halogens is 1. The Morgan fingerprint density at radius 1 is 1.42 bits per heavy atom. The molecule has 0 saturated heterocycles. The monoisotopic (exact) mass is 275 g/mol. The molecule has 1 aliphatic rings. The molecule has 1 heterocycles. The second-order valence-corrected chi connectivity index (χ2v) is 5.17. The van der Waals surface area contributed by atoms with Gasteiger partial charge >= 0.3 is 0 Å². The molecule has 1 N–H and O–H groups in total. The van der Waals surface area contributed by atoms with E-state index < -0.39 is 0 Å². The number of rotatable bonds is 4. The van der Waals surface area contributed by atoms with Crippen LogP contribution in [0.25, 0.3) is 0 Å². The Kier molecular flexibility index (Phi) is 3.25. The largest absolute Gasteiger partial charge is 0.349 e. The second kappa shape index (κ2) is 5.05. The summed E-state index contributed by atoms with van der Waals surface area (Å²) in [5, 5.41) is 7.85. The number of nitrogens with zero attached hydrogens (tertiary/aromatic N) is 2. The van der Waals surface area contributed by atoms with Crippen LogP contribution in [0.15, 0.2) is 36.7 Å². The summed E-state index contributed by atoms with van der Waals surface area (Å²) in [4.78, 5) is 11.8. The Morgan fingerprint density at radius 3 is 2.95 bits per heavy atom. The van der Waals surface area contributed by atoms with Gasteiger partial charge in [0.1, 0.15) is 0 Å². The Hall–Kier alpha value is -1.81. The van der Waals surface area contributed by atoms with Crippen molar-refractivity contribution in [2.75, 3.05) is 0 Å². The molecule has 4 nitrogen and oxygen atoms in total. The number of hydrogen-bond donors (Lipinski definition) is 1. The van der Waals surface area contributed by atoms with E-state index in [2.05, 4.69) is 10.4 Å². The summed E-state index contributed by atoms with van der Waals surface area (Å²) in [6.07, 6.45) is 5.51. The summed E-state index contributed by atoms with van der Waals surface area (Å²) in [6, 6.07) is 7.99. The fourth-order valence-electron chi connectivity index (χ4n) is 1.86. The van der Waals surface area contributed by atoms with Gasteiger partial charge in [0.15, 0.2) is 0 Å². The molecule has 1 aromatic carbocycles. The van der Waals surface area contributed by atoms with Gasteiger partial charge in [-0.3, -0.25) is 9.48 Å². The lowest BCUT2D eigenvalue weighted by Gasteiger charge is -2.03. The van der Waals surface area contributed by atoms with Crippen molar-refractivity contribution in [1.82, 2.24) is 15.1 Å². The van der Waals surface area contributed by atoms with Gasteiger partial charge in [-0.05, 0) is 24.5 Å². The zero-order valence-electron chi connectivity index (χ0n) is 10.3. The van der Waals surface area contributed by atoms with Crippen molar-refractivity contribution in [3.05, 3.63) is 52.8 Å². The van der Waals surface area contributed by atoms with Crippen molar-refractivity contribution >= 4 is 17.5 Å². The van der Waals surface area contributed by atoms with E-state index in [4.69, 9.17) is 11.6 Å². The van der Waals surface area contributed by atoms with Gasteiger partial charge in [0.05, 0.1) is 18.3 Å². The van der Waals surface area contributed by atoms with Crippen molar-refractivity contribution < 1.29 is 4.79 Å². The zero-order valence-corrected chi connectivity index (χ0v) is 11.1. The molecule has 1 fully saturated rings. The van der Waals surface area contributed by atoms with Crippen LogP contribution in [-0.4, -0.2) is 21.7 Å². The van der Waals surface area contributed by atoms with E-state index in [1.54, 1.807) is 17.1 Å². The highest BCUT2D eigenvalue weighted by molar-refractivity contribution is 6.31. The van der Waals surface area contributed by atoms with Crippen LogP contribution in [0.4, 0.5) is 0 Å². The molecule has 98 valence electrons. The molecule has 5 heteroatoms. The summed E-state index contributed by atoms with van der Waals surface area (Å²) >= 11 is 6.10. The van der Waals surface area contributed by atoms with Gasteiger partial charge in [0.2, 0.25) is 0 Å². The first-order valence-electron chi connectivity index (χ1n) is 6.29. The molecule has 1 aliphatic carbocycles. The van der Waals surface area contributed by atoms with Crippen LogP contribution in [0.5, 0.6) is 0 Å². The average Bonchev–Trinajstić information content (AvgIpc) is 3.08. The van der Waals surface area contributed by atoms with Crippen LogP contribution < -0.4 is 5.32 Å². The molecule has 19 heavy (non-hydrogen) atoms. The summed E-state index contributed by atoms with van der Waals surface area (Å²) in [6.45, 7) is 0.566. The number of hydrogen-bond acceptors (Lipinski definition) is 2. The molecule has 3 rings (SSSR count). The first-order valence-corrected chi connectivity index (χ1v) is 6.67. The van der Waals surface area contributed by atoms with Crippen LogP contribution in [0.1, 0.15) is 28.8 Å². The fourth-order valence-corrected chi connectivity index (χ4v) is 2.06. The zero-order chi connectivity index (χ0) is 13.2. The van der Waals surface area contributed by atoms with Gasteiger partial charge in [0, 0.05) is 17.3 Å². The molecular formula is C14H14ClN3O. The molecular weight excluding hydrogens is 262 g/mol. The number of amides is 1. The average molecular weight is 276 g/mol. The molecule has 1 saturated carbocycles. The molecule has 1 amide bonds. The lowest BCUT2D eigenvalue weighted by Crippen LogP contribution is -2.24.